The number of aliphatic carboxylic acids is 1. The molecule has 0 aliphatic carbocycles. The van der Waals surface area contributed by atoms with Crippen LogP contribution in [-0.4, -0.2) is 42.9 Å². The van der Waals surface area contributed by atoms with E-state index in [1.54, 1.807) is 6.92 Å². The van der Waals surface area contributed by atoms with Crippen LogP contribution in [0.25, 0.3) is 0 Å². The molecule has 0 rings (SSSR count). The van der Waals surface area contributed by atoms with Crippen molar-refractivity contribution in [1.82, 2.24) is 5.32 Å². The first kappa shape index (κ1) is 13.9. The maximum Gasteiger partial charge on any atom is 0.326 e. The Bertz CT molecular complexity index is 348. The van der Waals surface area contributed by atoms with Gasteiger partial charge in [-0.1, -0.05) is 6.92 Å². The molecule has 88 valence electrons. The summed E-state index contributed by atoms with van der Waals surface area (Å²) in [5.74, 6) is -1.96. The fourth-order valence-electron chi connectivity index (χ4n) is 0.822. The molecule has 1 amide bonds. The summed E-state index contributed by atoms with van der Waals surface area (Å²) in [4.78, 5) is 21.9. The molecule has 6 nitrogen and oxygen atoms in total. The first-order valence-corrected chi connectivity index (χ1v) is 6.37. The summed E-state index contributed by atoms with van der Waals surface area (Å²) in [6.45, 7) is 2.81. The third kappa shape index (κ3) is 4.28. The Morgan fingerprint density at radius 1 is 1.40 bits per heavy atom. The summed E-state index contributed by atoms with van der Waals surface area (Å²) in [6.07, 6.45) is 1.14. The van der Waals surface area contributed by atoms with Gasteiger partial charge in [-0.15, -0.1) is 0 Å². The van der Waals surface area contributed by atoms with Crippen LogP contribution in [-0.2, 0) is 19.4 Å². The smallest absolute Gasteiger partial charge is 0.326 e. The van der Waals surface area contributed by atoms with Crippen LogP contribution in [0, 0.1) is 0 Å². The number of hydrogen-bond acceptors (Lipinski definition) is 4. The van der Waals surface area contributed by atoms with Crippen molar-refractivity contribution in [1.29, 1.82) is 0 Å². The van der Waals surface area contributed by atoms with E-state index in [2.05, 4.69) is 5.32 Å². The van der Waals surface area contributed by atoms with Crippen LogP contribution in [0.1, 0.15) is 20.3 Å². The zero-order chi connectivity index (χ0) is 12.2. The summed E-state index contributed by atoms with van der Waals surface area (Å²) in [6, 6.07) is -1.04. The molecule has 0 aromatic carbocycles. The average Bonchev–Trinajstić information content (AvgIpc) is 2.10. The van der Waals surface area contributed by atoms with Gasteiger partial charge < -0.3 is 10.4 Å². The highest BCUT2D eigenvalue weighted by Crippen LogP contribution is 2.00. The minimum Gasteiger partial charge on any atom is -0.480 e. The van der Waals surface area contributed by atoms with Gasteiger partial charge in [0.05, 0.1) is 0 Å². The van der Waals surface area contributed by atoms with E-state index in [0.29, 0.717) is 0 Å². The second-order valence-electron chi connectivity index (χ2n) is 3.28. The lowest BCUT2D eigenvalue weighted by Gasteiger charge is -2.15. The Morgan fingerprint density at radius 3 is 2.13 bits per heavy atom. The molecule has 0 radical (unpaired) electrons. The third-order valence-corrected chi connectivity index (χ3v) is 3.53. The van der Waals surface area contributed by atoms with E-state index in [4.69, 9.17) is 5.11 Å². The Balaban J connectivity index is 4.56. The van der Waals surface area contributed by atoms with Crippen molar-refractivity contribution in [3.8, 4) is 0 Å². The fraction of sp³-hybridized carbons (Fsp3) is 0.750. The van der Waals surface area contributed by atoms with Gasteiger partial charge in [-0.25, -0.2) is 13.2 Å². The van der Waals surface area contributed by atoms with Gasteiger partial charge in [0, 0.05) is 6.26 Å². The number of hydrogen-bond donors (Lipinski definition) is 2. The number of nitrogens with one attached hydrogen (secondary N) is 1. The number of rotatable bonds is 5. The van der Waals surface area contributed by atoms with E-state index in [1.165, 1.54) is 6.92 Å². The van der Waals surface area contributed by atoms with E-state index >= 15 is 0 Å². The Hall–Kier alpha value is -1.11. The minimum absolute atomic E-state index is 0.206. The number of carbonyl (C=O) groups excluding carboxylic acids is 1. The van der Waals surface area contributed by atoms with Crippen molar-refractivity contribution in [3.05, 3.63) is 0 Å². The Kier molecular flexibility index (Phi) is 4.73. The van der Waals surface area contributed by atoms with Crippen LogP contribution in [0.4, 0.5) is 0 Å². The normalized spacial score (nSPS) is 15.4. The van der Waals surface area contributed by atoms with Gasteiger partial charge in [-0.05, 0) is 13.3 Å². The molecule has 0 aromatic rings. The lowest BCUT2D eigenvalue weighted by molar-refractivity contribution is -0.141. The summed E-state index contributed by atoms with van der Waals surface area (Å²) in [5, 5.41) is 9.57. The van der Waals surface area contributed by atoms with Crippen LogP contribution < -0.4 is 5.32 Å². The van der Waals surface area contributed by atoms with Crippen molar-refractivity contribution in [3.63, 3.8) is 0 Å². The Labute approximate surface area is 88.6 Å². The number of carboxylic acids is 1. The average molecular weight is 237 g/mol. The minimum atomic E-state index is -3.49. The Morgan fingerprint density at radius 2 is 1.87 bits per heavy atom. The van der Waals surface area contributed by atoms with E-state index in [-0.39, 0.29) is 6.42 Å². The van der Waals surface area contributed by atoms with E-state index in [9.17, 15) is 18.0 Å². The zero-order valence-corrected chi connectivity index (χ0v) is 9.67. The largest absolute Gasteiger partial charge is 0.480 e. The zero-order valence-electron chi connectivity index (χ0n) is 8.85. The van der Waals surface area contributed by atoms with Gasteiger partial charge in [-0.3, -0.25) is 4.79 Å². The molecule has 15 heavy (non-hydrogen) atoms. The van der Waals surface area contributed by atoms with Crippen molar-refractivity contribution in [2.45, 2.75) is 31.6 Å². The first-order valence-electron chi connectivity index (χ1n) is 4.42. The molecule has 0 saturated carbocycles. The third-order valence-electron chi connectivity index (χ3n) is 2.03. The van der Waals surface area contributed by atoms with Crippen molar-refractivity contribution < 1.29 is 23.1 Å². The SMILES string of the molecule is CCC(NC(=O)C(C)S(C)(=O)=O)C(=O)O. The van der Waals surface area contributed by atoms with Gasteiger partial charge in [0.25, 0.3) is 0 Å². The van der Waals surface area contributed by atoms with Crippen LogP contribution in [0.5, 0.6) is 0 Å². The maximum absolute atomic E-state index is 11.3. The second kappa shape index (κ2) is 5.11. The summed E-state index contributed by atoms with van der Waals surface area (Å²) < 4.78 is 22.0. The molecule has 0 heterocycles. The van der Waals surface area contributed by atoms with E-state index < -0.39 is 33.0 Å². The molecule has 0 fully saturated rings. The van der Waals surface area contributed by atoms with Gasteiger partial charge in [-0.2, -0.15) is 0 Å². The number of sulfone groups is 1. The van der Waals surface area contributed by atoms with Crippen LogP contribution in [0.15, 0.2) is 0 Å². The lowest BCUT2D eigenvalue weighted by Crippen LogP contribution is -2.46. The molecule has 0 aliphatic rings. The molecule has 0 bridgehead atoms. The predicted octanol–water partition coefficient (Wildman–Crippen LogP) is -0.601. The van der Waals surface area contributed by atoms with Gasteiger partial charge in [0.15, 0.2) is 9.84 Å². The fourth-order valence-corrected chi connectivity index (χ4v) is 1.28. The van der Waals surface area contributed by atoms with Gasteiger partial charge in [0.2, 0.25) is 5.91 Å². The van der Waals surface area contributed by atoms with Gasteiger partial charge >= 0.3 is 5.97 Å². The standard InChI is InChI=1S/C8H15NO5S/c1-4-6(8(11)12)9-7(10)5(2)15(3,13)14/h5-6H,4H2,1-3H3,(H,9,10)(H,11,12). The molecule has 0 aromatic heterocycles. The van der Waals surface area contributed by atoms with E-state index in [1.807, 2.05) is 0 Å². The first-order chi connectivity index (χ1) is 6.70. The second-order valence-corrected chi connectivity index (χ2v) is 5.65. The summed E-state index contributed by atoms with van der Waals surface area (Å²) in [7, 11) is -3.49. The van der Waals surface area contributed by atoms with Gasteiger partial charge in [0.1, 0.15) is 11.3 Å². The molecule has 2 atom stereocenters. The quantitative estimate of drug-likeness (QED) is 0.665. The van der Waals surface area contributed by atoms with Crippen LogP contribution in [0.3, 0.4) is 0 Å². The molecule has 2 N–H and O–H groups in total. The van der Waals surface area contributed by atoms with Crippen molar-refractivity contribution >= 4 is 21.7 Å². The monoisotopic (exact) mass is 237 g/mol. The number of carboxylic acid groups (broad SMARTS) is 1. The predicted molar refractivity (Wildman–Crippen MR) is 54.2 cm³/mol. The number of carbonyl (C=O) groups is 2. The molecular weight excluding hydrogens is 222 g/mol. The number of amides is 1. The molecule has 7 heteroatoms. The molecule has 0 saturated heterocycles. The summed E-state index contributed by atoms with van der Waals surface area (Å²) >= 11 is 0. The topological polar surface area (TPSA) is 101 Å². The van der Waals surface area contributed by atoms with E-state index in [0.717, 1.165) is 6.26 Å². The maximum atomic E-state index is 11.3. The highest BCUT2D eigenvalue weighted by atomic mass is 32.2. The van der Waals surface area contributed by atoms with Crippen LogP contribution in [0.2, 0.25) is 0 Å². The highest BCUT2D eigenvalue weighted by molar-refractivity contribution is 7.92. The molecule has 2 unspecified atom stereocenters. The van der Waals surface area contributed by atoms with Crippen molar-refractivity contribution in [2.75, 3.05) is 6.26 Å². The molecular formula is C8H15NO5S. The lowest BCUT2D eigenvalue weighted by atomic mass is 10.2. The molecule has 0 aliphatic heterocycles. The highest BCUT2D eigenvalue weighted by Gasteiger charge is 2.27. The summed E-state index contributed by atoms with van der Waals surface area (Å²) in [5.41, 5.74) is 0. The molecule has 0 spiro atoms. The van der Waals surface area contributed by atoms with Crippen molar-refractivity contribution in [2.24, 2.45) is 0 Å². The van der Waals surface area contributed by atoms with Crippen LogP contribution >= 0.6 is 0 Å².